The Morgan fingerprint density at radius 1 is 1.09 bits per heavy atom. The van der Waals surface area contributed by atoms with Crippen molar-refractivity contribution in [2.75, 3.05) is 53.4 Å². The summed E-state index contributed by atoms with van der Waals surface area (Å²) >= 11 is 0. The molecule has 0 aromatic rings. The minimum absolute atomic E-state index is 0.184. The van der Waals surface area contributed by atoms with Crippen molar-refractivity contribution in [3.63, 3.8) is 0 Å². The summed E-state index contributed by atoms with van der Waals surface area (Å²) in [6.45, 7) is 11.6. The second-order valence-electron chi connectivity index (χ2n) is 7.94. The monoisotopic (exact) mass is 323 g/mol. The number of guanidine groups is 1. The van der Waals surface area contributed by atoms with Gasteiger partial charge in [0.05, 0.1) is 0 Å². The predicted octanol–water partition coefficient (Wildman–Crippen LogP) is 1.76. The van der Waals surface area contributed by atoms with Crippen LogP contribution in [0.5, 0.6) is 0 Å². The Bertz CT molecular complexity index is 374. The van der Waals surface area contributed by atoms with Crippen LogP contribution in [-0.2, 0) is 0 Å². The van der Waals surface area contributed by atoms with Gasteiger partial charge in [0.25, 0.3) is 0 Å². The van der Waals surface area contributed by atoms with Crippen LogP contribution in [0, 0.1) is 5.92 Å². The highest BCUT2D eigenvalue weighted by Crippen LogP contribution is 2.19. The average molecular weight is 324 g/mol. The molecule has 5 nitrogen and oxygen atoms in total. The van der Waals surface area contributed by atoms with E-state index in [9.17, 15) is 0 Å². The number of aliphatic imine (C=N–C) groups is 1. The minimum Gasteiger partial charge on any atom is -0.356 e. The van der Waals surface area contributed by atoms with Gasteiger partial charge in [-0.05, 0) is 72.1 Å². The van der Waals surface area contributed by atoms with Gasteiger partial charge in [-0.25, -0.2) is 0 Å². The Hall–Kier alpha value is -0.810. The first-order valence-electron chi connectivity index (χ1n) is 9.39. The van der Waals surface area contributed by atoms with Crippen molar-refractivity contribution in [2.24, 2.45) is 10.9 Å². The summed E-state index contributed by atoms with van der Waals surface area (Å²) in [5, 5.41) is 7.07. The third kappa shape index (κ3) is 5.96. The third-order valence-corrected chi connectivity index (χ3v) is 5.40. The van der Waals surface area contributed by atoms with E-state index in [0.29, 0.717) is 0 Å². The largest absolute Gasteiger partial charge is 0.356 e. The highest BCUT2D eigenvalue weighted by molar-refractivity contribution is 5.79. The molecule has 0 aromatic carbocycles. The van der Waals surface area contributed by atoms with E-state index in [-0.39, 0.29) is 5.54 Å². The van der Waals surface area contributed by atoms with Crippen LogP contribution >= 0.6 is 0 Å². The first-order valence-corrected chi connectivity index (χ1v) is 9.39. The lowest BCUT2D eigenvalue weighted by atomic mass is 9.98. The van der Waals surface area contributed by atoms with Crippen LogP contribution in [0.4, 0.5) is 0 Å². The summed E-state index contributed by atoms with van der Waals surface area (Å²) in [7, 11) is 4.09. The summed E-state index contributed by atoms with van der Waals surface area (Å²) in [5.41, 5.74) is 0.184. The third-order valence-electron chi connectivity index (χ3n) is 5.40. The zero-order chi connectivity index (χ0) is 16.7. The Kier molecular flexibility index (Phi) is 7.15. The van der Waals surface area contributed by atoms with E-state index in [1.165, 1.54) is 58.3 Å². The topological polar surface area (TPSA) is 42.9 Å². The van der Waals surface area contributed by atoms with Crippen molar-refractivity contribution in [2.45, 2.75) is 51.5 Å². The molecule has 23 heavy (non-hydrogen) atoms. The predicted molar refractivity (Wildman–Crippen MR) is 99.1 cm³/mol. The molecular weight excluding hydrogens is 286 g/mol. The van der Waals surface area contributed by atoms with Crippen LogP contribution in [0.25, 0.3) is 0 Å². The number of piperidine rings is 2. The summed E-state index contributed by atoms with van der Waals surface area (Å²) in [4.78, 5) is 9.46. The van der Waals surface area contributed by atoms with Crippen molar-refractivity contribution in [1.29, 1.82) is 0 Å². The van der Waals surface area contributed by atoms with E-state index in [1.54, 1.807) is 0 Å². The summed E-state index contributed by atoms with van der Waals surface area (Å²) in [5.74, 6) is 1.69. The molecule has 0 saturated carbocycles. The average Bonchev–Trinajstić information content (AvgIpc) is 2.56. The second kappa shape index (κ2) is 8.88. The van der Waals surface area contributed by atoms with Gasteiger partial charge in [-0.15, -0.1) is 0 Å². The number of rotatable bonds is 5. The Labute approximate surface area is 142 Å². The molecule has 2 rings (SSSR count). The van der Waals surface area contributed by atoms with Crippen molar-refractivity contribution in [1.82, 2.24) is 20.4 Å². The van der Waals surface area contributed by atoms with E-state index in [1.807, 2.05) is 7.05 Å². The molecule has 2 fully saturated rings. The molecule has 0 aromatic heterocycles. The number of nitrogens with one attached hydrogen (secondary N) is 2. The second-order valence-corrected chi connectivity index (χ2v) is 7.94. The molecular formula is C18H37N5. The van der Waals surface area contributed by atoms with Gasteiger partial charge in [0.1, 0.15) is 0 Å². The summed E-state index contributed by atoms with van der Waals surface area (Å²) in [6, 6.07) is 0. The Morgan fingerprint density at radius 3 is 2.48 bits per heavy atom. The zero-order valence-electron chi connectivity index (χ0n) is 15.7. The molecule has 5 heteroatoms. The summed E-state index contributed by atoms with van der Waals surface area (Å²) in [6.07, 6.45) is 6.71. The minimum atomic E-state index is 0.184. The van der Waals surface area contributed by atoms with Crippen molar-refractivity contribution in [3.05, 3.63) is 0 Å². The molecule has 2 aliphatic heterocycles. The van der Waals surface area contributed by atoms with Crippen LogP contribution in [0.3, 0.4) is 0 Å². The molecule has 0 bridgehead atoms. The molecule has 134 valence electrons. The van der Waals surface area contributed by atoms with Crippen LogP contribution < -0.4 is 10.6 Å². The lowest BCUT2D eigenvalue weighted by Crippen LogP contribution is -2.55. The first-order chi connectivity index (χ1) is 11.0. The van der Waals surface area contributed by atoms with Gasteiger partial charge in [-0.2, -0.15) is 0 Å². The van der Waals surface area contributed by atoms with Gasteiger partial charge >= 0.3 is 0 Å². The van der Waals surface area contributed by atoms with Gasteiger partial charge in [-0.3, -0.25) is 9.89 Å². The lowest BCUT2D eigenvalue weighted by Gasteiger charge is -2.41. The van der Waals surface area contributed by atoms with Crippen LogP contribution in [0.15, 0.2) is 4.99 Å². The van der Waals surface area contributed by atoms with Crippen LogP contribution in [0.1, 0.15) is 46.0 Å². The van der Waals surface area contributed by atoms with Gasteiger partial charge < -0.3 is 15.5 Å². The maximum atomic E-state index is 4.40. The standard InChI is InChI=1S/C18H37N5/c1-18(2,23-11-6-5-7-12-23)15-21-17(19-3)20-13-16-9-8-10-22(4)14-16/h16H,5-15H2,1-4H3,(H2,19,20,21). The van der Waals surface area contributed by atoms with E-state index in [2.05, 4.69) is 46.3 Å². The Balaban J connectivity index is 1.73. The highest BCUT2D eigenvalue weighted by Gasteiger charge is 2.28. The molecule has 0 aliphatic carbocycles. The van der Waals surface area contributed by atoms with Crippen molar-refractivity contribution >= 4 is 5.96 Å². The fourth-order valence-electron chi connectivity index (χ4n) is 3.81. The van der Waals surface area contributed by atoms with Gasteiger partial charge in [0.15, 0.2) is 5.96 Å². The van der Waals surface area contributed by atoms with E-state index in [4.69, 9.17) is 0 Å². The molecule has 2 aliphatic rings. The number of hydrogen-bond acceptors (Lipinski definition) is 3. The first kappa shape index (κ1) is 18.5. The molecule has 2 N–H and O–H groups in total. The van der Waals surface area contributed by atoms with E-state index >= 15 is 0 Å². The number of nitrogens with zero attached hydrogens (tertiary/aromatic N) is 3. The maximum absolute atomic E-state index is 4.40. The molecule has 1 unspecified atom stereocenters. The zero-order valence-corrected chi connectivity index (χ0v) is 15.7. The van der Waals surface area contributed by atoms with Crippen molar-refractivity contribution < 1.29 is 0 Å². The SMILES string of the molecule is CN=C(NCC1CCCN(C)C1)NCC(C)(C)N1CCCCC1. The molecule has 0 spiro atoms. The molecule has 1 atom stereocenters. The molecule has 2 saturated heterocycles. The fraction of sp³-hybridized carbons (Fsp3) is 0.944. The van der Waals surface area contributed by atoms with Crippen LogP contribution in [-0.4, -0.2) is 74.7 Å². The quantitative estimate of drug-likeness (QED) is 0.598. The summed E-state index contributed by atoms with van der Waals surface area (Å²) < 4.78 is 0. The molecule has 0 amide bonds. The van der Waals surface area contributed by atoms with E-state index in [0.717, 1.165) is 25.0 Å². The highest BCUT2D eigenvalue weighted by atomic mass is 15.2. The molecule has 0 radical (unpaired) electrons. The van der Waals surface area contributed by atoms with Gasteiger partial charge in [0.2, 0.25) is 0 Å². The van der Waals surface area contributed by atoms with Crippen LogP contribution in [0.2, 0.25) is 0 Å². The smallest absolute Gasteiger partial charge is 0.191 e. The van der Waals surface area contributed by atoms with Gasteiger partial charge in [0, 0.05) is 32.2 Å². The maximum Gasteiger partial charge on any atom is 0.191 e. The van der Waals surface area contributed by atoms with Gasteiger partial charge in [-0.1, -0.05) is 6.42 Å². The Morgan fingerprint density at radius 2 is 1.83 bits per heavy atom. The number of hydrogen-bond donors (Lipinski definition) is 2. The lowest BCUT2D eigenvalue weighted by molar-refractivity contribution is 0.0982. The fourth-order valence-corrected chi connectivity index (χ4v) is 3.81. The number of likely N-dealkylation sites (tertiary alicyclic amines) is 2. The van der Waals surface area contributed by atoms with Crippen molar-refractivity contribution in [3.8, 4) is 0 Å². The van der Waals surface area contributed by atoms with E-state index < -0.39 is 0 Å². The normalized spacial score (nSPS) is 25.4. The molecule has 2 heterocycles.